The van der Waals surface area contributed by atoms with E-state index in [-0.39, 0.29) is 5.41 Å². The molecule has 0 N–H and O–H groups in total. The summed E-state index contributed by atoms with van der Waals surface area (Å²) in [7, 11) is 0. The van der Waals surface area contributed by atoms with Crippen LogP contribution in [0.5, 0.6) is 0 Å². The zero-order valence-electron chi connectivity index (χ0n) is 31.5. The molecule has 0 bridgehead atoms. The maximum Gasteiger partial charge on any atom is 0.0543 e. The molecule has 0 atom stereocenters. The van der Waals surface area contributed by atoms with Crippen LogP contribution in [0.1, 0.15) is 25.0 Å². The van der Waals surface area contributed by atoms with Crippen molar-refractivity contribution in [1.82, 2.24) is 0 Å². The summed E-state index contributed by atoms with van der Waals surface area (Å²) in [5, 5.41) is 10.2. The third kappa shape index (κ3) is 5.01. The Labute approximate surface area is 327 Å². The lowest BCUT2D eigenvalue weighted by Gasteiger charge is -2.29. The monoisotopic (exact) mass is 713 g/mol. The van der Waals surface area contributed by atoms with E-state index in [0.717, 1.165) is 11.4 Å². The van der Waals surface area contributed by atoms with E-state index in [1.807, 2.05) is 0 Å². The molecule has 0 aliphatic heterocycles. The standard InChI is InChI=1S/C55H39N/c1-55(2)50-19-10-9-18-48(50)54-51(55)20-11-21-52(54)56(43-30-26-37(27-31-43)41-24-22-36-12-3-4-14-40(36)34-41)44-32-28-39(29-33-44)49-35-42-25-23-38-13-5-6-15-45(38)53(42)47-17-8-7-16-46(47)49/h3-35H,1-2H3. The van der Waals surface area contributed by atoms with E-state index in [2.05, 4.69) is 219 Å². The van der Waals surface area contributed by atoms with Crippen molar-refractivity contribution in [3.63, 3.8) is 0 Å². The van der Waals surface area contributed by atoms with Gasteiger partial charge >= 0.3 is 0 Å². The normalized spacial score (nSPS) is 13.0. The third-order valence-electron chi connectivity index (χ3n) is 12.2. The Morgan fingerprint density at radius 3 is 1.71 bits per heavy atom. The molecule has 0 aromatic heterocycles. The van der Waals surface area contributed by atoms with Crippen LogP contribution in [-0.4, -0.2) is 0 Å². The van der Waals surface area contributed by atoms with Crippen molar-refractivity contribution in [2.75, 3.05) is 4.90 Å². The second kappa shape index (κ2) is 12.5. The van der Waals surface area contributed by atoms with Gasteiger partial charge in [-0.05, 0) is 124 Å². The van der Waals surface area contributed by atoms with Gasteiger partial charge in [-0.1, -0.05) is 172 Å². The molecule has 10 aromatic carbocycles. The van der Waals surface area contributed by atoms with Crippen molar-refractivity contribution >= 4 is 60.2 Å². The van der Waals surface area contributed by atoms with Gasteiger partial charge in [-0.15, -0.1) is 0 Å². The topological polar surface area (TPSA) is 3.24 Å². The summed E-state index contributed by atoms with van der Waals surface area (Å²) in [5.74, 6) is 0. The van der Waals surface area contributed by atoms with Gasteiger partial charge in [0.05, 0.1) is 5.69 Å². The van der Waals surface area contributed by atoms with Gasteiger partial charge in [-0.3, -0.25) is 0 Å². The minimum atomic E-state index is -0.0974. The van der Waals surface area contributed by atoms with Crippen molar-refractivity contribution in [3.8, 4) is 33.4 Å². The Morgan fingerprint density at radius 2 is 0.929 bits per heavy atom. The molecule has 56 heavy (non-hydrogen) atoms. The van der Waals surface area contributed by atoms with Crippen molar-refractivity contribution in [2.24, 2.45) is 0 Å². The highest BCUT2D eigenvalue weighted by Gasteiger charge is 2.37. The van der Waals surface area contributed by atoms with Crippen molar-refractivity contribution < 1.29 is 0 Å². The quantitative estimate of drug-likeness (QED) is 0.161. The van der Waals surface area contributed by atoms with E-state index in [1.165, 1.54) is 93.3 Å². The number of benzene rings is 10. The maximum atomic E-state index is 2.45. The summed E-state index contributed by atoms with van der Waals surface area (Å²) >= 11 is 0. The molecule has 1 aliphatic carbocycles. The predicted octanol–water partition coefficient (Wildman–Crippen LogP) is 15.4. The Balaban J connectivity index is 1.07. The molecular formula is C55H39N. The van der Waals surface area contributed by atoms with Gasteiger partial charge in [0.2, 0.25) is 0 Å². The highest BCUT2D eigenvalue weighted by molar-refractivity contribution is 6.23. The second-order valence-corrected chi connectivity index (χ2v) is 15.7. The molecule has 0 fully saturated rings. The molecule has 1 nitrogen and oxygen atoms in total. The van der Waals surface area contributed by atoms with Crippen LogP contribution >= 0.6 is 0 Å². The fraction of sp³-hybridized carbons (Fsp3) is 0.0545. The molecule has 11 rings (SSSR count). The fourth-order valence-corrected chi connectivity index (χ4v) is 9.43. The summed E-state index contributed by atoms with van der Waals surface area (Å²) in [6, 6.07) is 74.0. The van der Waals surface area contributed by atoms with Crippen LogP contribution in [0, 0.1) is 0 Å². The number of nitrogens with zero attached hydrogens (tertiary/aromatic N) is 1. The first kappa shape index (κ1) is 32.5. The Kier molecular flexibility index (Phi) is 7.28. The van der Waals surface area contributed by atoms with Crippen LogP contribution < -0.4 is 4.90 Å². The number of hydrogen-bond acceptors (Lipinski definition) is 1. The van der Waals surface area contributed by atoms with Gasteiger partial charge in [-0.2, -0.15) is 0 Å². The molecule has 0 radical (unpaired) electrons. The summed E-state index contributed by atoms with van der Waals surface area (Å²) in [6.45, 7) is 4.71. The van der Waals surface area contributed by atoms with Crippen molar-refractivity contribution in [1.29, 1.82) is 0 Å². The zero-order chi connectivity index (χ0) is 37.4. The van der Waals surface area contributed by atoms with Crippen LogP contribution in [-0.2, 0) is 5.41 Å². The van der Waals surface area contributed by atoms with Gasteiger partial charge in [-0.25, -0.2) is 0 Å². The average molecular weight is 714 g/mol. The molecular weight excluding hydrogens is 675 g/mol. The van der Waals surface area contributed by atoms with E-state index < -0.39 is 0 Å². The smallest absolute Gasteiger partial charge is 0.0543 e. The van der Waals surface area contributed by atoms with Gasteiger partial charge < -0.3 is 4.90 Å². The van der Waals surface area contributed by atoms with E-state index in [9.17, 15) is 0 Å². The Hall–Kier alpha value is -6.96. The van der Waals surface area contributed by atoms with Crippen molar-refractivity contribution in [3.05, 3.63) is 211 Å². The molecule has 1 heteroatoms. The lowest BCUT2D eigenvalue weighted by Crippen LogP contribution is -2.16. The van der Waals surface area contributed by atoms with E-state index in [0.29, 0.717) is 0 Å². The molecule has 10 aromatic rings. The number of fused-ring (bicyclic) bond motifs is 9. The maximum absolute atomic E-state index is 2.45. The zero-order valence-corrected chi connectivity index (χ0v) is 31.5. The summed E-state index contributed by atoms with van der Waals surface area (Å²) in [5.41, 5.74) is 13.6. The van der Waals surface area contributed by atoms with Gasteiger partial charge in [0, 0.05) is 22.4 Å². The number of hydrogen-bond donors (Lipinski definition) is 0. The van der Waals surface area contributed by atoms with Gasteiger partial charge in [0.1, 0.15) is 0 Å². The Morgan fingerprint density at radius 1 is 0.357 bits per heavy atom. The molecule has 264 valence electrons. The molecule has 0 unspecified atom stereocenters. The highest BCUT2D eigenvalue weighted by atomic mass is 15.1. The van der Waals surface area contributed by atoms with E-state index in [4.69, 9.17) is 0 Å². The van der Waals surface area contributed by atoms with Gasteiger partial charge in [0.15, 0.2) is 0 Å². The largest absolute Gasteiger partial charge is 0.310 e. The highest BCUT2D eigenvalue weighted by Crippen LogP contribution is 2.54. The minimum Gasteiger partial charge on any atom is -0.310 e. The number of rotatable bonds is 5. The van der Waals surface area contributed by atoms with E-state index in [1.54, 1.807) is 0 Å². The van der Waals surface area contributed by atoms with Crippen molar-refractivity contribution in [2.45, 2.75) is 19.3 Å². The summed E-state index contributed by atoms with van der Waals surface area (Å²) < 4.78 is 0. The average Bonchev–Trinajstić information content (AvgIpc) is 3.50. The minimum absolute atomic E-state index is 0.0974. The first-order valence-corrected chi connectivity index (χ1v) is 19.6. The summed E-state index contributed by atoms with van der Waals surface area (Å²) in [6.07, 6.45) is 0. The lowest BCUT2D eigenvalue weighted by atomic mass is 9.82. The van der Waals surface area contributed by atoms with Crippen LogP contribution in [0.15, 0.2) is 200 Å². The molecule has 0 heterocycles. The molecule has 0 saturated carbocycles. The van der Waals surface area contributed by atoms with Gasteiger partial charge in [0.25, 0.3) is 0 Å². The summed E-state index contributed by atoms with van der Waals surface area (Å²) in [4.78, 5) is 2.45. The third-order valence-corrected chi connectivity index (χ3v) is 12.2. The second-order valence-electron chi connectivity index (χ2n) is 15.7. The SMILES string of the molecule is CC1(C)c2ccccc2-c2c(N(c3ccc(-c4ccc5ccccc5c4)cc3)c3ccc(-c4cc5ccc6ccccc6c5c5ccccc45)cc3)cccc21. The number of anilines is 3. The first-order chi connectivity index (χ1) is 27.5. The predicted molar refractivity (Wildman–Crippen MR) is 240 cm³/mol. The Bertz CT molecular complexity index is 3150. The van der Waals surface area contributed by atoms with Crippen LogP contribution in [0.2, 0.25) is 0 Å². The first-order valence-electron chi connectivity index (χ1n) is 19.6. The lowest BCUT2D eigenvalue weighted by molar-refractivity contribution is 0.660. The molecule has 0 spiro atoms. The fourth-order valence-electron chi connectivity index (χ4n) is 9.43. The van der Waals surface area contributed by atoms with E-state index >= 15 is 0 Å². The molecule has 1 aliphatic rings. The van der Waals surface area contributed by atoms with Crippen LogP contribution in [0.3, 0.4) is 0 Å². The molecule has 0 saturated heterocycles. The van der Waals surface area contributed by atoms with Crippen LogP contribution in [0.25, 0.3) is 76.5 Å². The van der Waals surface area contributed by atoms with Crippen LogP contribution in [0.4, 0.5) is 17.1 Å². The molecule has 0 amide bonds.